The maximum absolute atomic E-state index is 12.8. The highest BCUT2D eigenvalue weighted by Gasteiger charge is 2.28. The third-order valence-electron chi connectivity index (χ3n) is 4.74. The summed E-state index contributed by atoms with van der Waals surface area (Å²) in [7, 11) is -3.60. The number of aromatic nitrogens is 2. The molecule has 0 saturated carbocycles. The molecule has 9 heteroatoms. The summed E-state index contributed by atoms with van der Waals surface area (Å²) in [4.78, 5) is 12.9. The van der Waals surface area contributed by atoms with E-state index in [-0.39, 0.29) is 10.5 Å². The summed E-state index contributed by atoms with van der Waals surface area (Å²) in [6.07, 6.45) is 3.45. The number of nitrogens with one attached hydrogen (secondary N) is 1. The summed E-state index contributed by atoms with van der Waals surface area (Å²) in [6.45, 7) is 1.02. The number of carbonyl (C=O) groups excluding carboxylic acids is 1. The minimum atomic E-state index is -3.60. The number of amides is 1. The molecular formula is C20H19BrN4O3S. The zero-order chi connectivity index (χ0) is 20.4. The van der Waals surface area contributed by atoms with Gasteiger partial charge >= 0.3 is 0 Å². The summed E-state index contributed by atoms with van der Waals surface area (Å²) >= 11 is 3.34. The Balaban J connectivity index is 1.57. The molecule has 0 bridgehead atoms. The van der Waals surface area contributed by atoms with Crippen molar-refractivity contribution in [3.05, 3.63) is 70.8 Å². The lowest BCUT2D eigenvalue weighted by molar-refractivity contribution is 0.102. The zero-order valence-electron chi connectivity index (χ0n) is 15.5. The summed E-state index contributed by atoms with van der Waals surface area (Å²) < 4.78 is 29.2. The molecule has 1 fully saturated rings. The molecule has 0 atom stereocenters. The molecular weight excluding hydrogens is 456 g/mol. The number of hydrogen-bond acceptors (Lipinski definition) is 4. The van der Waals surface area contributed by atoms with Gasteiger partial charge in [0, 0.05) is 29.8 Å². The van der Waals surface area contributed by atoms with Gasteiger partial charge in [-0.25, -0.2) is 13.1 Å². The lowest BCUT2D eigenvalue weighted by Gasteiger charge is -2.16. The van der Waals surface area contributed by atoms with Crippen LogP contribution in [-0.2, 0) is 10.0 Å². The standard InChI is InChI=1S/C20H19BrN4O3S/c21-18-9-8-16(29(27,28)24-11-4-5-12-24)14-17(18)20(26)22-19-10-13-25(23-19)15-6-2-1-3-7-15/h1-3,6-10,13-14H,4-5,11-12H2,(H,22,23,26). The average molecular weight is 475 g/mol. The van der Waals surface area contributed by atoms with Crippen LogP contribution in [0.25, 0.3) is 5.69 Å². The molecule has 0 radical (unpaired) electrons. The molecule has 1 aliphatic rings. The Hall–Kier alpha value is -2.49. The number of anilines is 1. The Labute approximate surface area is 177 Å². The molecule has 2 heterocycles. The van der Waals surface area contributed by atoms with E-state index in [1.807, 2.05) is 30.3 Å². The second-order valence-corrected chi connectivity index (χ2v) is 9.48. The molecule has 3 aromatic rings. The predicted molar refractivity (Wildman–Crippen MR) is 114 cm³/mol. The molecule has 1 aliphatic heterocycles. The van der Waals surface area contributed by atoms with Crippen molar-refractivity contribution < 1.29 is 13.2 Å². The summed E-state index contributed by atoms with van der Waals surface area (Å²) in [5, 5.41) is 7.08. The van der Waals surface area contributed by atoms with Crippen LogP contribution in [0.1, 0.15) is 23.2 Å². The fraction of sp³-hybridized carbons (Fsp3) is 0.200. The van der Waals surface area contributed by atoms with Crippen molar-refractivity contribution in [3.63, 3.8) is 0 Å². The molecule has 1 N–H and O–H groups in total. The van der Waals surface area contributed by atoms with E-state index in [4.69, 9.17) is 0 Å². The van der Waals surface area contributed by atoms with Crippen LogP contribution in [0.5, 0.6) is 0 Å². The minimum absolute atomic E-state index is 0.113. The van der Waals surface area contributed by atoms with Gasteiger partial charge in [-0.3, -0.25) is 4.79 Å². The highest BCUT2D eigenvalue weighted by Crippen LogP contribution is 2.26. The van der Waals surface area contributed by atoms with Crippen LogP contribution in [0.3, 0.4) is 0 Å². The second kappa shape index (κ2) is 8.10. The minimum Gasteiger partial charge on any atom is -0.305 e. The van der Waals surface area contributed by atoms with Crippen molar-refractivity contribution >= 4 is 37.7 Å². The Morgan fingerprint density at radius 2 is 1.76 bits per heavy atom. The lowest BCUT2D eigenvalue weighted by atomic mass is 10.2. The topological polar surface area (TPSA) is 84.3 Å². The van der Waals surface area contributed by atoms with Gasteiger partial charge in [0.2, 0.25) is 10.0 Å². The van der Waals surface area contributed by atoms with E-state index in [1.54, 1.807) is 23.0 Å². The molecule has 1 aromatic heterocycles. The van der Waals surface area contributed by atoms with Gasteiger partial charge in [-0.05, 0) is 59.1 Å². The average Bonchev–Trinajstić information content (AvgIpc) is 3.41. The molecule has 4 rings (SSSR count). The van der Waals surface area contributed by atoms with Crippen LogP contribution in [0, 0.1) is 0 Å². The first-order valence-electron chi connectivity index (χ1n) is 9.17. The van der Waals surface area contributed by atoms with Gasteiger partial charge in [0.25, 0.3) is 5.91 Å². The molecule has 1 amide bonds. The lowest BCUT2D eigenvalue weighted by Crippen LogP contribution is -2.28. The van der Waals surface area contributed by atoms with Crippen molar-refractivity contribution in [2.45, 2.75) is 17.7 Å². The number of carbonyl (C=O) groups is 1. The molecule has 0 aliphatic carbocycles. The Morgan fingerprint density at radius 1 is 1.03 bits per heavy atom. The Bertz CT molecular complexity index is 1140. The Morgan fingerprint density at radius 3 is 2.48 bits per heavy atom. The van der Waals surface area contributed by atoms with E-state index in [1.165, 1.54) is 16.4 Å². The highest BCUT2D eigenvalue weighted by atomic mass is 79.9. The third-order valence-corrected chi connectivity index (χ3v) is 7.32. The van der Waals surface area contributed by atoms with E-state index in [2.05, 4.69) is 26.3 Å². The molecule has 150 valence electrons. The van der Waals surface area contributed by atoms with E-state index in [0.717, 1.165) is 18.5 Å². The van der Waals surface area contributed by atoms with Crippen molar-refractivity contribution in [2.24, 2.45) is 0 Å². The number of hydrogen-bond donors (Lipinski definition) is 1. The molecule has 1 saturated heterocycles. The molecule has 29 heavy (non-hydrogen) atoms. The van der Waals surface area contributed by atoms with Crippen LogP contribution in [0.2, 0.25) is 0 Å². The van der Waals surface area contributed by atoms with E-state index >= 15 is 0 Å². The van der Waals surface area contributed by atoms with Gasteiger partial charge in [-0.15, -0.1) is 0 Å². The summed E-state index contributed by atoms with van der Waals surface area (Å²) in [5.41, 5.74) is 1.10. The summed E-state index contributed by atoms with van der Waals surface area (Å²) in [6, 6.07) is 15.7. The summed E-state index contributed by atoms with van der Waals surface area (Å²) in [5.74, 6) is -0.0628. The number of para-hydroxylation sites is 1. The van der Waals surface area contributed by atoms with Crippen molar-refractivity contribution in [1.29, 1.82) is 0 Å². The number of halogens is 1. The van der Waals surface area contributed by atoms with Crippen molar-refractivity contribution in [2.75, 3.05) is 18.4 Å². The van der Waals surface area contributed by atoms with Crippen LogP contribution in [0.15, 0.2) is 70.2 Å². The van der Waals surface area contributed by atoms with E-state index < -0.39 is 15.9 Å². The molecule has 2 aromatic carbocycles. The highest BCUT2D eigenvalue weighted by molar-refractivity contribution is 9.10. The first kappa shape index (κ1) is 19.8. The number of benzene rings is 2. The largest absolute Gasteiger partial charge is 0.305 e. The van der Waals surface area contributed by atoms with E-state index in [9.17, 15) is 13.2 Å². The number of sulfonamides is 1. The van der Waals surface area contributed by atoms with Gasteiger partial charge in [0.1, 0.15) is 0 Å². The van der Waals surface area contributed by atoms with Crippen molar-refractivity contribution in [1.82, 2.24) is 14.1 Å². The van der Waals surface area contributed by atoms with Crippen LogP contribution in [0.4, 0.5) is 5.82 Å². The first-order valence-corrected chi connectivity index (χ1v) is 11.4. The molecule has 0 unspecified atom stereocenters. The fourth-order valence-corrected chi connectivity index (χ4v) is 5.19. The Kier molecular flexibility index (Phi) is 5.53. The van der Waals surface area contributed by atoms with E-state index in [0.29, 0.717) is 23.4 Å². The maximum Gasteiger partial charge on any atom is 0.258 e. The number of rotatable bonds is 5. The maximum atomic E-state index is 12.8. The van der Waals surface area contributed by atoms with Crippen LogP contribution < -0.4 is 5.32 Å². The quantitative estimate of drug-likeness (QED) is 0.611. The van der Waals surface area contributed by atoms with Gasteiger partial charge < -0.3 is 5.32 Å². The van der Waals surface area contributed by atoms with Gasteiger partial charge in [-0.1, -0.05) is 18.2 Å². The van der Waals surface area contributed by atoms with Crippen LogP contribution in [-0.4, -0.2) is 41.5 Å². The second-order valence-electron chi connectivity index (χ2n) is 6.69. The molecule has 7 nitrogen and oxygen atoms in total. The van der Waals surface area contributed by atoms with Crippen LogP contribution >= 0.6 is 15.9 Å². The van der Waals surface area contributed by atoms with Gasteiger partial charge in [0.05, 0.1) is 16.1 Å². The SMILES string of the molecule is O=C(Nc1ccn(-c2ccccc2)n1)c1cc(S(=O)(=O)N2CCCC2)ccc1Br. The zero-order valence-corrected chi connectivity index (χ0v) is 17.9. The smallest absolute Gasteiger partial charge is 0.258 e. The fourth-order valence-electron chi connectivity index (χ4n) is 3.22. The number of nitrogens with zero attached hydrogens (tertiary/aromatic N) is 3. The van der Waals surface area contributed by atoms with Gasteiger partial charge in [-0.2, -0.15) is 9.40 Å². The van der Waals surface area contributed by atoms with Gasteiger partial charge in [0.15, 0.2) is 5.82 Å². The first-order chi connectivity index (χ1) is 13.9. The normalized spacial score (nSPS) is 14.8. The monoisotopic (exact) mass is 474 g/mol. The van der Waals surface area contributed by atoms with Crippen molar-refractivity contribution in [3.8, 4) is 5.69 Å². The predicted octanol–water partition coefficient (Wildman–Crippen LogP) is 3.67. The third kappa shape index (κ3) is 4.12. The molecule has 0 spiro atoms.